The Morgan fingerprint density at radius 3 is 2.94 bits per heavy atom. The second-order valence-electron chi connectivity index (χ2n) is 4.30. The van der Waals surface area contributed by atoms with Crippen LogP contribution in [-0.4, -0.2) is 17.1 Å². The predicted molar refractivity (Wildman–Crippen MR) is 71.9 cm³/mol. The number of nitrogens with zero attached hydrogens (tertiary/aromatic N) is 1. The van der Waals surface area contributed by atoms with Gasteiger partial charge < -0.3 is 4.74 Å². The van der Waals surface area contributed by atoms with Gasteiger partial charge in [-0.25, -0.2) is 4.79 Å². The second-order valence-corrected chi connectivity index (χ2v) is 5.27. The zero-order valence-electron chi connectivity index (χ0n) is 10.4. The topological polar surface area (TPSA) is 39.2 Å². The Morgan fingerprint density at radius 2 is 2.28 bits per heavy atom. The van der Waals surface area contributed by atoms with E-state index >= 15 is 0 Å². The van der Waals surface area contributed by atoms with E-state index in [9.17, 15) is 4.79 Å². The van der Waals surface area contributed by atoms with Crippen molar-refractivity contribution in [2.75, 3.05) is 0 Å². The van der Waals surface area contributed by atoms with Gasteiger partial charge in [0.15, 0.2) is 0 Å². The molecule has 3 nitrogen and oxygen atoms in total. The van der Waals surface area contributed by atoms with Crippen molar-refractivity contribution in [3.05, 3.63) is 52.0 Å². The van der Waals surface area contributed by atoms with Gasteiger partial charge in [-0.05, 0) is 31.5 Å². The van der Waals surface area contributed by atoms with E-state index in [0.29, 0.717) is 5.56 Å². The number of benzene rings is 1. The average Bonchev–Trinajstić information content (AvgIpc) is 2.81. The van der Waals surface area contributed by atoms with Crippen molar-refractivity contribution in [1.29, 1.82) is 0 Å². The molecule has 1 aromatic carbocycles. The maximum absolute atomic E-state index is 11.8. The third-order valence-corrected chi connectivity index (χ3v) is 3.15. The summed E-state index contributed by atoms with van der Waals surface area (Å²) in [6.07, 6.45) is 2.56. The van der Waals surface area contributed by atoms with Gasteiger partial charge >= 0.3 is 5.97 Å². The Hall–Kier alpha value is -1.68. The van der Waals surface area contributed by atoms with Gasteiger partial charge in [-0.1, -0.05) is 12.1 Å². The summed E-state index contributed by atoms with van der Waals surface area (Å²) in [7, 11) is 0. The zero-order valence-corrected chi connectivity index (χ0v) is 11.2. The minimum absolute atomic E-state index is 0.0948. The molecule has 18 heavy (non-hydrogen) atoms. The molecule has 0 fully saturated rings. The van der Waals surface area contributed by atoms with Crippen LogP contribution in [0.3, 0.4) is 0 Å². The van der Waals surface area contributed by atoms with Gasteiger partial charge in [0.25, 0.3) is 0 Å². The third-order valence-electron chi connectivity index (χ3n) is 2.37. The fourth-order valence-corrected chi connectivity index (χ4v) is 2.25. The zero-order chi connectivity index (χ0) is 13.0. The Balaban J connectivity index is 2.12. The molecule has 0 aliphatic carbocycles. The van der Waals surface area contributed by atoms with Crippen molar-refractivity contribution in [1.82, 2.24) is 4.98 Å². The number of aromatic nitrogens is 1. The first kappa shape index (κ1) is 12.8. The first-order valence-electron chi connectivity index (χ1n) is 5.82. The first-order chi connectivity index (χ1) is 8.65. The third kappa shape index (κ3) is 3.40. The van der Waals surface area contributed by atoms with Gasteiger partial charge in [-0.15, -0.1) is 11.3 Å². The van der Waals surface area contributed by atoms with Crippen molar-refractivity contribution < 1.29 is 9.53 Å². The van der Waals surface area contributed by atoms with E-state index in [-0.39, 0.29) is 12.1 Å². The van der Waals surface area contributed by atoms with Crippen molar-refractivity contribution in [3.63, 3.8) is 0 Å². The maximum atomic E-state index is 11.8. The molecule has 1 aromatic heterocycles. The molecule has 0 unspecified atom stereocenters. The summed E-state index contributed by atoms with van der Waals surface area (Å²) in [4.78, 5) is 17.0. The minimum atomic E-state index is -0.267. The van der Waals surface area contributed by atoms with E-state index in [4.69, 9.17) is 4.74 Å². The maximum Gasteiger partial charge on any atom is 0.338 e. The number of rotatable bonds is 4. The van der Waals surface area contributed by atoms with Crippen LogP contribution in [-0.2, 0) is 11.2 Å². The minimum Gasteiger partial charge on any atom is -0.459 e. The Morgan fingerprint density at radius 1 is 1.44 bits per heavy atom. The largest absolute Gasteiger partial charge is 0.459 e. The summed E-state index contributed by atoms with van der Waals surface area (Å²) in [6, 6.07) is 7.55. The highest BCUT2D eigenvalue weighted by Crippen LogP contribution is 2.15. The molecule has 0 saturated heterocycles. The second kappa shape index (κ2) is 5.78. The van der Waals surface area contributed by atoms with E-state index in [2.05, 4.69) is 4.98 Å². The van der Waals surface area contributed by atoms with E-state index < -0.39 is 0 Å². The average molecular weight is 261 g/mol. The molecular weight excluding hydrogens is 246 g/mol. The van der Waals surface area contributed by atoms with Gasteiger partial charge in [0.2, 0.25) is 0 Å². The Labute approximate surface area is 110 Å². The lowest BCUT2D eigenvalue weighted by Gasteiger charge is -2.08. The van der Waals surface area contributed by atoms with Gasteiger partial charge in [-0.3, -0.25) is 4.98 Å². The van der Waals surface area contributed by atoms with Crippen LogP contribution in [0.2, 0.25) is 0 Å². The van der Waals surface area contributed by atoms with Crippen LogP contribution in [0, 0.1) is 0 Å². The molecule has 0 bridgehead atoms. The molecule has 94 valence electrons. The smallest absolute Gasteiger partial charge is 0.338 e. The molecule has 0 spiro atoms. The molecule has 0 N–H and O–H groups in total. The molecule has 2 aromatic rings. The van der Waals surface area contributed by atoms with Gasteiger partial charge in [0.05, 0.1) is 17.2 Å². The van der Waals surface area contributed by atoms with Gasteiger partial charge in [0.1, 0.15) is 0 Å². The van der Waals surface area contributed by atoms with Crippen molar-refractivity contribution in [3.8, 4) is 0 Å². The lowest BCUT2D eigenvalue weighted by atomic mass is 10.1. The van der Waals surface area contributed by atoms with E-state index in [1.807, 2.05) is 43.8 Å². The van der Waals surface area contributed by atoms with Crippen LogP contribution in [0.15, 0.2) is 36.0 Å². The fraction of sp³-hybridized carbons (Fsp3) is 0.286. The van der Waals surface area contributed by atoms with Crippen molar-refractivity contribution in [2.24, 2.45) is 0 Å². The summed E-state index contributed by atoms with van der Waals surface area (Å²) >= 11 is 1.62. The van der Waals surface area contributed by atoms with Crippen LogP contribution >= 0.6 is 11.3 Å². The highest BCUT2D eigenvalue weighted by atomic mass is 32.1. The van der Waals surface area contributed by atoms with Crippen molar-refractivity contribution in [2.45, 2.75) is 26.4 Å². The van der Waals surface area contributed by atoms with Crippen molar-refractivity contribution >= 4 is 17.3 Å². The molecule has 0 radical (unpaired) electrons. The highest BCUT2D eigenvalue weighted by Gasteiger charge is 2.09. The summed E-state index contributed by atoms with van der Waals surface area (Å²) in [5, 5.41) is 0. The molecule has 2 rings (SSSR count). The molecule has 0 aliphatic heterocycles. The standard InChI is InChI=1S/C14H15NO2S/c1-10(2)17-14(16)12-5-3-4-11(6-12)7-13-8-15-9-18-13/h3-6,8-10H,7H2,1-2H3. The predicted octanol–water partition coefficient (Wildman–Crippen LogP) is 3.30. The number of esters is 1. The Kier molecular flexibility index (Phi) is 4.10. The summed E-state index contributed by atoms with van der Waals surface area (Å²) in [5.41, 5.74) is 3.51. The molecule has 0 atom stereocenters. The number of thiazole rings is 1. The monoisotopic (exact) mass is 261 g/mol. The molecule has 0 amide bonds. The van der Waals surface area contributed by atoms with Crippen LogP contribution < -0.4 is 0 Å². The van der Waals surface area contributed by atoms with Crippen LogP contribution in [0.4, 0.5) is 0 Å². The van der Waals surface area contributed by atoms with E-state index in [0.717, 1.165) is 12.0 Å². The van der Waals surface area contributed by atoms with Crippen LogP contribution in [0.5, 0.6) is 0 Å². The van der Waals surface area contributed by atoms with Gasteiger partial charge in [-0.2, -0.15) is 0 Å². The van der Waals surface area contributed by atoms with Crippen LogP contribution in [0.1, 0.15) is 34.6 Å². The first-order valence-corrected chi connectivity index (χ1v) is 6.70. The number of hydrogen-bond acceptors (Lipinski definition) is 4. The summed E-state index contributed by atoms with van der Waals surface area (Å²) < 4.78 is 5.18. The molecule has 1 heterocycles. The van der Waals surface area contributed by atoms with E-state index in [1.54, 1.807) is 17.4 Å². The lowest BCUT2D eigenvalue weighted by molar-refractivity contribution is 0.0378. The highest BCUT2D eigenvalue weighted by molar-refractivity contribution is 7.09. The number of carbonyl (C=O) groups excluding carboxylic acids is 1. The quantitative estimate of drug-likeness (QED) is 0.793. The number of hydrogen-bond donors (Lipinski definition) is 0. The summed E-state index contributed by atoms with van der Waals surface area (Å²) in [6.45, 7) is 3.69. The van der Waals surface area contributed by atoms with Crippen LogP contribution in [0.25, 0.3) is 0 Å². The Bertz CT molecular complexity index is 520. The summed E-state index contributed by atoms with van der Waals surface area (Å²) in [5.74, 6) is -0.267. The SMILES string of the molecule is CC(C)OC(=O)c1cccc(Cc2cncs2)c1. The number of ether oxygens (including phenoxy) is 1. The molecule has 0 saturated carbocycles. The fourth-order valence-electron chi connectivity index (χ4n) is 1.62. The lowest BCUT2D eigenvalue weighted by Crippen LogP contribution is -2.11. The van der Waals surface area contributed by atoms with Gasteiger partial charge in [0, 0.05) is 17.5 Å². The molecule has 0 aliphatic rings. The van der Waals surface area contributed by atoms with E-state index in [1.165, 1.54) is 4.88 Å². The molecule has 4 heteroatoms. The molecular formula is C14H15NO2S. The number of carbonyl (C=O) groups is 1. The normalized spacial score (nSPS) is 10.6.